The molecular formula is C20H20N6O3S. The van der Waals surface area contributed by atoms with Gasteiger partial charge in [-0.2, -0.15) is 0 Å². The highest BCUT2D eigenvalue weighted by Crippen LogP contribution is 2.18. The third-order valence-electron chi connectivity index (χ3n) is 4.90. The first-order valence-electron chi connectivity index (χ1n) is 9.34. The summed E-state index contributed by atoms with van der Waals surface area (Å²) in [7, 11) is -3.78. The maximum atomic E-state index is 12.7. The van der Waals surface area contributed by atoms with Crippen molar-refractivity contribution in [3.05, 3.63) is 66.4 Å². The molecule has 9 nitrogen and oxygen atoms in total. The second-order valence-electron chi connectivity index (χ2n) is 6.84. The van der Waals surface area contributed by atoms with E-state index in [0.717, 1.165) is 11.5 Å². The number of nitrogens with zero attached hydrogens (tertiary/aromatic N) is 5. The summed E-state index contributed by atoms with van der Waals surface area (Å²) in [6, 6.07) is 15.1. The number of hydrogen-bond acceptors (Lipinski definition) is 7. The Morgan fingerprint density at radius 3 is 2.17 bits per heavy atom. The fourth-order valence-electron chi connectivity index (χ4n) is 3.25. The van der Waals surface area contributed by atoms with Crippen LogP contribution in [0.1, 0.15) is 10.4 Å². The van der Waals surface area contributed by atoms with E-state index < -0.39 is 10.0 Å². The number of rotatable bonds is 4. The molecule has 4 rings (SSSR count). The predicted octanol–water partition coefficient (Wildman–Crippen LogP) is 1.15. The van der Waals surface area contributed by atoms with Crippen LogP contribution in [0.3, 0.4) is 0 Å². The van der Waals surface area contributed by atoms with Crippen LogP contribution in [0, 0.1) is 0 Å². The largest absolute Gasteiger partial charge is 0.352 e. The van der Waals surface area contributed by atoms with Crippen LogP contribution in [0.2, 0.25) is 0 Å². The Labute approximate surface area is 174 Å². The van der Waals surface area contributed by atoms with Crippen LogP contribution in [0.15, 0.2) is 65.7 Å². The normalized spacial score (nSPS) is 14.6. The van der Waals surface area contributed by atoms with Crippen molar-refractivity contribution in [3.8, 4) is 11.4 Å². The molecule has 1 aliphatic heterocycles. The zero-order valence-electron chi connectivity index (χ0n) is 16.0. The van der Waals surface area contributed by atoms with Gasteiger partial charge in [-0.3, -0.25) is 9.78 Å². The molecule has 2 aromatic heterocycles. The molecule has 0 bridgehead atoms. The monoisotopic (exact) mass is 424 g/mol. The number of benzene rings is 1. The molecule has 1 fully saturated rings. The Kier molecular flexibility index (Phi) is 5.42. The van der Waals surface area contributed by atoms with Crippen molar-refractivity contribution in [2.24, 2.45) is 5.14 Å². The molecule has 1 saturated heterocycles. The van der Waals surface area contributed by atoms with Gasteiger partial charge in [0.2, 0.25) is 10.0 Å². The van der Waals surface area contributed by atoms with Crippen LogP contribution in [-0.4, -0.2) is 60.6 Å². The summed E-state index contributed by atoms with van der Waals surface area (Å²) in [5.74, 6) is 0.603. The van der Waals surface area contributed by atoms with Crippen LogP contribution < -0.4 is 10.0 Å². The molecule has 0 atom stereocenters. The lowest BCUT2D eigenvalue weighted by Crippen LogP contribution is -2.49. The first kappa shape index (κ1) is 19.9. The molecular weight excluding hydrogens is 404 g/mol. The van der Waals surface area contributed by atoms with E-state index in [0.29, 0.717) is 37.4 Å². The van der Waals surface area contributed by atoms with Gasteiger partial charge >= 0.3 is 0 Å². The fourth-order valence-corrected chi connectivity index (χ4v) is 3.77. The Hall–Kier alpha value is -3.37. The van der Waals surface area contributed by atoms with Gasteiger partial charge in [0.1, 0.15) is 5.69 Å². The van der Waals surface area contributed by atoms with Gasteiger partial charge < -0.3 is 9.80 Å². The first-order chi connectivity index (χ1) is 14.4. The lowest BCUT2D eigenvalue weighted by atomic mass is 10.2. The lowest BCUT2D eigenvalue weighted by Gasteiger charge is -2.35. The Balaban J connectivity index is 1.38. The van der Waals surface area contributed by atoms with Crippen LogP contribution in [0.25, 0.3) is 11.4 Å². The highest BCUT2D eigenvalue weighted by atomic mass is 32.2. The van der Waals surface area contributed by atoms with Gasteiger partial charge in [-0.05, 0) is 48.5 Å². The zero-order valence-corrected chi connectivity index (χ0v) is 16.9. The zero-order chi connectivity index (χ0) is 21.1. The molecule has 1 aromatic carbocycles. The quantitative estimate of drug-likeness (QED) is 0.666. The Morgan fingerprint density at radius 1 is 0.867 bits per heavy atom. The summed E-state index contributed by atoms with van der Waals surface area (Å²) in [6.07, 6.45) is 1.71. The summed E-state index contributed by atoms with van der Waals surface area (Å²) in [5.41, 5.74) is 1.90. The van der Waals surface area contributed by atoms with E-state index in [1.807, 2.05) is 30.3 Å². The van der Waals surface area contributed by atoms with E-state index in [2.05, 4.69) is 20.1 Å². The fraction of sp³-hybridized carbons (Fsp3) is 0.200. The van der Waals surface area contributed by atoms with Crippen molar-refractivity contribution in [1.82, 2.24) is 20.1 Å². The number of hydrogen-bond donors (Lipinski definition) is 1. The van der Waals surface area contributed by atoms with Crippen LogP contribution in [0.5, 0.6) is 0 Å². The topological polar surface area (TPSA) is 122 Å². The summed E-state index contributed by atoms with van der Waals surface area (Å²) >= 11 is 0. The second kappa shape index (κ2) is 8.17. The number of primary sulfonamides is 1. The van der Waals surface area contributed by atoms with E-state index in [9.17, 15) is 13.2 Å². The molecule has 2 N–H and O–H groups in total. The van der Waals surface area contributed by atoms with Gasteiger partial charge in [-0.1, -0.05) is 6.07 Å². The third-order valence-corrected chi connectivity index (χ3v) is 5.83. The average molecular weight is 424 g/mol. The van der Waals surface area contributed by atoms with E-state index in [4.69, 9.17) is 5.14 Å². The van der Waals surface area contributed by atoms with Crippen molar-refractivity contribution in [2.45, 2.75) is 4.90 Å². The third kappa shape index (κ3) is 4.29. The number of aromatic nitrogens is 3. The molecule has 1 amide bonds. The van der Waals surface area contributed by atoms with Crippen molar-refractivity contribution in [1.29, 1.82) is 0 Å². The number of piperazine rings is 1. The summed E-state index contributed by atoms with van der Waals surface area (Å²) in [5, 5.41) is 13.7. The molecule has 3 heterocycles. The number of carbonyl (C=O) groups excluding carboxylic acids is 1. The highest BCUT2D eigenvalue weighted by molar-refractivity contribution is 7.89. The van der Waals surface area contributed by atoms with Gasteiger partial charge in [-0.15, -0.1) is 10.2 Å². The minimum absolute atomic E-state index is 0.0170. The smallest absolute Gasteiger partial charge is 0.253 e. The number of pyridine rings is 1. The van der Waals surface area contributed by atoms with Crippen LogP contribution in [0.4, 0.5) is 5.82 Å². The van der Waals surface area contributed by atoms with E-state index in [-0.39, 0.29) is 10.8 Å². The SMILES string of the molecule is NS(=O)(=O)c1ccc(C(=O)N2CCN(c3ccc(-c4ccccn4)nn3)CC2)cc1. The van der Waals surface area contributed by atoms with Gasteiger partial charge in [-0.25, -0.2) is 13.6 Å². The lowest BCUT2D eigenvalue weighted by molar-refractivity contribution is 0.0746. The van der Waals surface area contributed by atoms with Gasteiger partial charge in [0.15, 0.2) is 5.82 Å². The van der Waals surface area contributed by atoms with Gasteiger partial charge in [0.05, 0.1) is 10.6 Å². The number of sulfonamides is 1. The Bertz CT molecular complexity index is 1130. The number of nitrogens with two attached hydrogens (primary N) is 1. The number of anilines is 1. The van der Waals surface area contributed by atoms with Crippen molar-refractivity contribution < 1.29 is 13.2 Å². The van der Waals surface area contributed by atoms with Crippen molar-refractivity contribution >= 4 is 21.7 Å². The predicted molar refractivity (Wildman–Crippen MR) is 111 cm³/mol. The second-order valence-corrected chi connectivity index (χ2v) is 8.40. The highest BCUT2D eigenvalue weighted by Gasteiger charge is 2.23. The van der Waals surface area contributed by atoms with E-state index >= 15 is 0 Å². The maximum Gasteiger partial charge on any atom is 0.253 e. The maximum absolute atomic E-state index is 12.7. The van der Waals surface area contributed by atoms with Gasteiger partial charge in [0, 0.05) is 37.9 Å². The van der Waals surface area contributed by atoms with Crippen molar-refractivity contribution in [2.75, 3.05) is 31.1 Å². The van der Waals surface area contributed by atoms with Crippen molar-refractivity contribution in [3.63, 3.8) is 0 Å². The molecule has 0 saturated carbocycles. The molecule has 3 aromatic rings. The van der Waals surface area contributed by atoms with E-state index in [1.54, 1.807) is 11.1 Å². The summed E-state index contributed by atoms with van der Waals surface area (Å²) < 4.78 is 22.7. The summed E-state index contributed by atoms with van der Waals surface area (Å²) in [4.78, 5) is 20.8. The summed E-state index contributed by atoms with van der Waals surface area (Å²) in [6.45, 7) is 2.30. The number of amides is 1. The average Bonchev–Trinajstić information content (AvgIpc) is 2.79. The van der Waals surface area contributed by atoms with Crippen LogP contribution >= 0.6 is 0 Å². The van der Waals surface area contributed by atoms with Crippen LogP contribution in [-0.2, 0) is 10.0 Å². The first-order valence-corrected chi connectivity index (χ1v) is 10.9. The van der Waals surface area contributed by atoms with Gasteiger partial charge in [0.25, 0.3) is 5.91 Å². The minimum Gasteiger partial charge on any atom is -0.352 e. The molecule has 30 heavy (non-hydrogen) atoms. The molecule has 10 heteroatoms. The molecule has 154 valence electrons. The number of carbonyl (C=O) groups is 1. The molecule has 0 unspecified atom stereocenters. The molecule has 1 aliphatic rings. The minimum atomic E-state index is -3.78. The Morgan fingerprint density at radius 2 is 1.60 bits per heavy atom. The van der Waals surface area contributed by atoms with E-state index in [1.165, 1.54) is 24.3 Å². The standard InChI is InChI=1S/C20H20N6O3S/c21-30(28,29)16-6-4-15(5-7-16)20(27)26-13-11-25(12-14-26)19-9-8-18(23-24-19)17-3-1-2-10-22-17/h1-10H,11-14H2,(H2,21,28,29). The molecule has 0 radical (unpaired) electrons. The molecule has 0 aliphatic carbocycles. The molecule has 0 spiro atoms.